The zero-order valence-electron chi connectivity index (χ0n) is 16.2. The van der Waals surface area contributed by atoms with Crippen LogP contribution in [0.25, 0.3) is 12.2 Å². The van der Waals surface area contributed by atoms with Gasteiger partial charge in [0.1, 0.15) is 24.3 Å². The van der Waals surface area contributed by atoms with Crippen LogP contribution in [-0.2, 0) is 19.2 Å². The van der Waals surface area contributed by atoms with E-state index in [1.807, 2.05) is 12.1 Å². The molecule has 30 heavy (non-hydrogen) atoms. The summed E-state index contributed by atoms with van der Waals surface area (Å²) in [6.45, 7) is 0.270. The summed E-state index contributed by atoms with van der Waals surface area (Å²) >= 11 is 2.39. The van der Waals surface area contributed by atoms with Crippen molar-refractivity contribution >= 4 is 34.7 Å². The fourth-order valence-electron chi connectivity index (χ4n) is 2.75. The average molecular weight is 527 g/mol. The highest BCUT2D eigenvalue weighted by Gasteiger charge is 2.29. The maximum absolute atomic E-state index is 12.6. The summed E-state index contributed by atoms with van der Waals surface area (Å²) in [7, 11) is 0. The van der Waals surface area contributed by atoms with Crippen LogP contribution in [0.15, 0.2) is 59.2 Å². The van der Waals surface area contributed by atoms with Gasteiger partial charge in [0.05, 0.1) is 5.56 Å². The molecular formula is C23H21F3INO2. The third kappa shape index (κ3) is 6.90. The second kappa shape index (κ2) is 10.7. The molecule has 1 heterocycles. The molecule has 0 radical (unpaired) electrons. The molecule has 158 valence electrons. The van der Waals surface area contributed by atoms with Gasteiger partial charge in [-0.15, -0.1) is 0 Å². The Kier molecular flexibility index (Phi) is 7.95. The van der Waals surface area contributed by atoms with Crippen molar-refractivity contribution in [3.05, 3.63) is 83.1 Å². The third-order valence-corrected chi connectivity index (χ3v) is 5.15. The largest absolute Gasteiger partial charge is 0.487 e. The maximum atomic E-state index is 12.6. The predicted molar refractivity (Wildman–Crippen MR) is 119 cm³/mol. The molecule has 0 aliphatic heterocycles. The van der Waals surface area contributed by atoms with Crippen LogP contribution in [0.1, 0.15) is 41.1 Å². The summed E-state index contributed by atoms with van der Waals surface area (Å²) in [6, 6.07) is 12.9. The lowest BCUT2D eigenvalue weighted by atomic mass is 10.1. The second-order valence-electron chi connectivity index (χ2n) is 6.71. The Bertz CT molecular complexity index is 948. The van der Waals surface area contributed by atoms with E-state index in [2.05, 4.69) is 39.7 Å². The number of ether oxygens (including phenoxy) is 1. The number of alkyl halides is 4. The fraction of sp³-hybridized carbons (Fsp3) is 0.261. The molecule has 1 aromatic heterocycles. The van der Waals surface area contributed by atoms with Gasteiger partial charge in [0.2, 0.25) is 5.89 Å². The van der Waals surface area contributed by atoms with Gasteiger partial charge in [0, 0.05) is 6.08 Å². The number of rotatable bonds is 9. The van der Waals surface area contributed by atoms with Gasteiger partial charge in [0.15, 0.2) is 0 Å². The van der Waals surface area contributed by atoms with Gasteiger partial charge in [-0.1, -0.05) is 46.9 Å². The first-order valence-corrected chi connectivity index (χ1v) is 11.0. The fourth-order valence-corrected chi connectivity index (χ4v) is 3.29. The van der Waals surface area contributed by atoms with E-state index < -0.39 is 11.7 Å². The Balaban J connectivity index is 1.51. The highest BCUT2D eigenvalue weighted by molar-refractivity contribution is 14.1. The van der Waals surface area contributed by atoms with Crippen LogP contribution < -0.4 is 4.74 Å². The van der Waals surface area contributed by atoms with Crippen molar-refractivity contribution in [3.63, 3.8) is 0 Å². The van der Waals surface area contributed by atoms with Crippen LogP contribution in [0.3, 0.4) is 0 Å². The van der Waals surface area contributed by atoms with Gasteiger partial charge in [-0.2, -0.15) is 13.2 Å². The number of oxazole rings is 1. The molecule has 7 heteroatoms. The summed E-state index contributed by atoms with van der Waals surface area (Å²) in [5, 5.41) is 0. The monoisotopic (exact) mass is 527 g/mol. The quantitative estimate of drug-likeness (QED) is 0.168. The van der Waals surface area contributed by atoms with E-state index in [-0.39, 0.29) is 6.61 Å². The summed E-state index contributed by atoms with van der Waals surface area (Å²) in [5.74, 6) is 1.12. The van der Waals surface area contributed by atoms with Crippen molar-refractivity contribution in [3.8, 4) is 5.75 Å². The van der Waals surface area contributed by atoms with Crippen molar-refractivity contribution in [2.75, 3.05) is 4.43 Å². The zero-order chi connectivity index (χ0) is 21.4. The van der Waals surface area contributed by atoms with Crippen LogP contribution in [0, 0.1) is 0 Å². The smallest absolute Gasteiger partial charge is 0.416 e. The van der Waals surface area contributed by atoms with Gasteiger partial charge >= 0.3 is 6.18 Å². The van der Waals surface area contributed by atoms with Crippen molar-refractivity contribution in [1.29, 1.82) is 0 Å². The van der Waals surface area contributed by atoms with Gasteiger partial charge in [-0.3, -0.25) is 0 Å². The number of hydrogen-bond donors (Lipinski definition) is 0. The number of aryl methyl sites for hydroxylation is 1. The van der Waals surface area contributed by atoms with Gasteiger partial charge in [-0.05, 0) is 65.2 Å². The highest BCUT2D eigenvalue weighted by Crippen LogP contribution is 2.29. The van der Waals surface area contributed by atoms with Gasteiger partial charge in [0.25, 0.3) is 0 Å². The predicted octanol–water partition coefficient (Wildman–Crippen LogP) is 7.20. The van der Waals surface area contributed by atoms with Crippen molar-refractivity contribution in [2.24, 2.45) is 0 Å². The first kappa shape index (κ1) is 22.4. The summed E-state index contributed by atoms with van der Waals surface area (Å²) < 4.78 is 50.1. The van der Waals surface area contributed by atoms with E-state index in [4.69, 9.17) is 9.15 Å². The molecule has 0 fully saturated rings. The van der Waals surface area contributed by atoms with E-state index >= 15 is 0 Å². The summed E-state index contributed by atoms with van der Waals surface area (Å²) in [4.78, 5) is 4.31. The molecule has 0 spiro atoms. The minimum Gasteiger partial charge on any atom is -0.487 e. The highest BCUT2D eigenvalue weighted by atomic mass is 127. The minimum atomic E-state index is -4.34. The van der Waals surface area contributed by atoms with Gasteiger partial charge in [-0.25, -0.2) is 4.98 Å². The van der Waals surface area contributed by atoms with E-state index in [1.165, 1.54) is 41.2 Å². The standard InChI is InChI=1S/C23H21F3INO2/c24-23(25,26)19-9-4-18(5-10-19)8-13-22-28-20(16-30-22)15-29-21-11-6-17(7-12-21)3-1-2-14-27/h4-13,16H,1-3,14-15H2. The minimum absolute atomic E-state index is 0.270. The Hall–Kier alpha value is -2.29. The van der Waals surface area contributed by atoms with Crippen molar-refractivity contribution < 1.29 is 22.3 Å². The average Bonchev–Trinajstić information content (AvgIpc) is 3.19. The maximum Gasteiger partial charge on any atom is 0.416 e. The third-order valence-electron chi connectivity index (χ3n) is 4.39. The van der Waals surface area contributed by atoms with Crippen LogP contribution in [0.5, 0.6) is 5.75 Å². The molecule has 0 aliphatic rings. The van der Waals surface area contributed by atoms with E-state index in [0.29, 0.717) is 17.1 Å². The number of nitrogens with zero attached hydrogens (tertiary/aromatic N) is 1. The molecule has 0 atom stereocenters. The number of benzene rings is 2. The Morgan fingerprint density at radius 2 is 1.70 bits per heavy atom. The SMILES string of the molecule is FC(F)(F)c1ccc(C=Cc2nc(COc3ccc(CCCCI)cc3)co2)cc1. The first-order valence-electron chi connectivity index (χ1n) is 9.51. The van der Waals surface area contributed by atoms with E-state index in [9.17, 15) is 13.2 Å². The zero-order valence-corrected chi connectivity index (χ0v) is 18.3. The Labute approximate surface area is 187 Å². The van der Waals surface area contributed by atoms with E-state index in [1.54, 1.807) is 12.2 Å². The molecule has 0 bridgehead atoms. The van der Waals surface area contributed by atoms with Gasteiger partial charge < -0.3 is 9.15 Å². The molecule has 0 saturated heterocycles. The lowest BCUT2D eigenvalue weighted by Gasteiger charge is -2.05. The molecule has 3 aromatic rings. The number of halogens is 4. The molecule has 0 amide bonds. The summed E-state index contributed by atoms with van der Waals surface area (Å²) in [5.41, 5.74) is 1.87. The normalized spacial score (nSPS) is 11.9. The molecule has 0 aliphatic carbocycles. The molecular weight excluding hydrogens is 506 g/mol. The summed E-state index contributed by atoms with van der Waals surface area (Å²) in [6.07, 6.45) is 3.90. The lowest BCUT2D eigenvalue weighted by molar-refractivity contribution is -0.137. The van der Waals surface area contributed by atoms with Crippen LogP contribution in [-0.4, -0.2) is 9.41 Å². The van der Waals surface area contributed by atoms with Crippen LogP contribution in [0.4, 0.5) is 13.2 Å². The molecule has 0 N–H and O–H groups in total. The number of hydrogen-bond acceptors (Lipinski definition) is 3. The second-order valence-corrected chi connectivity index (χ2v) is 7.79. The number of unbranched alkanes of at least 4 members (excludes halogenated alkanes) is 1. The van der Waals surface area contributed by atoms with E-state index in [0.717, 1.165) is 24.3 Å². The molecule has 0 unspecified atom stereocenters. The molecule has 3 rings (SSSR count). The van der Waals surface area contributed by atoms with Crippen molar-refractivity contribution in [1.82, 2.24) is 4.98 Å². The van der Waals surface area contributed by atoms with Crippen molar-refractivity contribution in [2.45, 2.75) is 32.0 Å². The molecule has 3 nitrogen and oxygen atoms in total. The topological polar surface area (TPSA) is 35.3 Å². The first-order chi connectivity index (χ1) is 14.4. The van der Waals surface area contributed by atoms with Crippen LogP contribution >= 0.6 is 22.6 Å². The molecule has 2 aromatic carbocycles. The number of aromatic nitrogens is 1. The van der Waals surface area contributed by atoms with Crippen LogP contribution in [0.2, 0.25) is 0 Å². The Morgan fingerprint density at radius 1 is 0.967 bits per heavy atom. The Morgan fingerprint density at radius 3 is 2.37 bits per heavy atom. The molecule has 0 saturated carbocycles. The lowest BCUT2D eigenvalue weighted by Crippen LogP contribution is -2.03.